The Labute approximate surface area is 96.1 Å². The summed E-state index contributed by atoms with van der Waals surface area (Å²) in [5.74, 6) is 1.04. The Morgan fingerprint density at radius 3 is 2.81 bits per heavy atom. The summed E-state index contributed by atoms with van der Waals surface area (Å²) in [6.45, 7) is 5.02. The van der Waals surface area contributed by atoms with Gasteiger partial charge in [0.1, 0.15) is 5.82 Å². The minimum absolute atomic E-state index is 0.778. The number of benzene rings is 1. The Morgan fingerprint density at radius 1 is 1.31 bits per heavy atom. The van der Waals surface area contributed by atoms with E-state index in [4.69, 9.17) is 0 Å². The summed E-state index contributed by atoms with van der Waals surface area (Å²) in [5.41, 5.74) is 3.76. The van der Waals surface area contributed by atoms with Gasteiger partial charge in [-0.25, -0.2) is 4.98 Å². The Hall–Kier alpha value is -1.61. The van der Waals surface area contributed by atoms with Gasteiger partial charge in [-0.2, -0.15) is 0 Å². The molecule has 0 bridgehead atoms. The second kappa shape index (κ2) is 4.49. The highest BCUT2D eigenvalue weighted by Crippen LogP contribution is 2.17. The van der Waals surface area contributed by atoms with E-state index in [1.165, 1.54) is 16.8 Å². The van der Waals surface area contributed by atoms with Crippen LogP contribution < -0.4 is 5.32 Å². The highest BCUT2D eigenvalue weighted by atomic mass is 15.1. The Bertz CT molecular complexity index is 486. The fourth-order valence-corrected chi connectivity index (χ4v) is 1.92. The van der Waals surface area contributed by atoms with E-state index in [1.54, 1.807) is 0 Å². The molecule has 0 atom stereocenters. The number of aryl methyl sites for hydroxylation is 2. The molecule has 16 heavy (non-hydrogen) atoms. The highest BCUT2D eigenvalue weighted by molar-refractivity contribution is 5.43. The van der Waals surface area contributed by atoms with Crippen LogP contribution in [0.5, 0.6) is 0 Å². The van der Waals surface area contributed by atoms with Gasteiger partial charge in [-0.15, -0.1) is 0 Å². The zero-order valence-electron chi connectivity index (χ0n) is 9.99. The molecule has 3 heteroatoms. The predicted octanol–water partition coefficient (Wildman–Crippen LogP) is 2.21. The van der Waals surface area contributed by atoms with E-state index < -0.39 is 0 Å². The van der Waals surface area contributed by atoms with E-state index in [-0.39, 0.29) is 0 Å². The van der Waals surface area contributed by atoms with Gasteiger partial charge in [0, 0.05) is 18.1 Å². The van der Waals surface area contributed by atoms with Gasteiger partial charge in [0.15, 0.2) is 0 Å². The van der Waals surface area contributed by atoms with Crippen molar-refractivity contribution < 1.29 is 0 Å². The number of hydrogen-bond donors (Lipinski definition) is 1. The summed E-state index contributed by atoms with van der Waals surface area (Å²) in [6.07, 6.45) is 3.84. The van der Waals surface area contributed by atoms with Crippen molar-refractivity contribution in [1.82, 2.24) is 14.9 Å². The average molecular weight is 215 g/mol. The third-order valence-corrected chi connectivity index (χ3v) is 2.66. The maximum absolute atomic E-state index is 4.35. The normalized spacial score (nSPS) is 10.7. The zero-order valence-corrected chi connectivity index (χ0v) is 9.99. The number of nitrogens with one attached hydrogen (secondary N) is 1. The van der Waals surface area contributed by atoms with Crippen LogP contribution in [-0.2, 0) is 6.54 Å². The van der Waals surface area contributed by atoms with Crippen LogP contribution in [0.15, 0.2) is 30.6 Å². The minimum Gasteiger partial charge on any atom is -0.313 e. The molecule has 0 unspecified atom stereocenters. The van der Waals surface area contributed by atoms with Crippen molar-refractivity contribution in [3.05, 3.63) is 47.5 Å². The molecule has 1 aromatic heterocycles. The summed E-state index contributed by atoms with van der Waals surface area (Å²) in [4.78, 5) is 4.35. The van der Waals surface area contributed by atoms with Crippen molar-refractivity contribution in [2.45, 2.75) is 20.4 Å². The smallest absolute Gasteiger partial charge is 0.127 e. The van der Waals surface area contributed by atoms with E-state index in [9.17, 15) is 0 Å². The van der Waals surface area contributed by atoms with Crippen molar-refractivity contribution in [3.63, 3.8) is 0 Å². The molecule has 0 aliphatic carbocycles. The Kier molecular flexibility index (Phi) is 3.06. The van der Waals surface area contributed by atoms with Crippen LogP contribution in [0.1, 0.15) is 17.0 Å². The van der Waals surface area contributed by atoms with Crippen molar-refractivity contribution in [1.29, 1.82) is 0 Å². The molecule has 0 spiro atoms. The number of nitrogens with zero attached hydrogens (tertiary/aromatic N) is 2. The van der Waals surface area contributed by atoms with Crippen LogP contribution in [-0.4, -0.2) is 16.6 Å². The first-order valence-corrected chi connectivity index (χ1v) is 5.47. The van der Waals surface area contributed by atoms with Gasteiger partial charge in [-0.1, -0.05) is 17.7 Å². The molecule has 0 aliphatic rings. The molecule has 1 heterocycles. The fraction of sp³-hybridized carbons (Fsp3) is 0.308. The quantitative estimate of drug-likeness (QED) is 0.850. The lowest BCUT2D eigenvalue weighted by Gasteiger charge is -2.11. The van der Waals surface area contributed by atoms with Gasteiger partial charge in [-0.3, -0.25) is 0 Å². The van der Waals surface area contributed by atoms with Gasteiger partial charge in [0.05, 0.1) is 6.54 Å². The third kappa shape index (κ3) is 1.99. The highest BCUT2D eigenvalue weighted by Gasteiger charge is 2.06. The standard InChI is InChI=1S/C13H17N3/c1-10-4-5-12(11(2)8-10)16-7-6-15-13(16)9-14-3/h4-8,14H,9H2,1-3H3. The molecule has 84 valence electrons. The molecular formula is C13H17N3. The van der Waals surface area contributed by atoms with Crippen LogP contribution in [0.4, 0.5) is 0 Å². The molecule has 0 fully saturated rings. The van der Waals surface area contributed by atoms with Crippen LogP contribution >= 0.6 is 0 Å². The third-order valence-electron chi connectivity index (χ3n) is 2.66. The maximum atomic E-state index is 4.35. The number of rotatable bonds is 3. The first-order chi connectivity index (χ1) is 7.72. The molecule has 3 nitrogen and oxygen atoms in total. The molecule has 2 rings (SSSR count). The lowest BCUT2D eigenvalue weighted by atomic mass is 10.1. The van der Waals surface area contributed by atoms with E-state index in [0.717, 1.165) is 12.4 Å². The maximum Gasteiger partial charge on any atom is 0.127 e. The van der Waals surface area contributed by atoms with Crippen LogP contribution in [0.2, 0.25) is 0 Å². The van der Waals surface area contributed by atoms with Gasteiger partial charge in [0.25, 0.3) is 0 Å². The second-order valence-corrected chi connectivity index (χ2v) is 4.03. The van der Waals surface area contributed by atoms with Crippen molar-refractivity contribution in [2.75, 3.05) is 7.05 Å². The van der Waals surface area contributed by atoms with Crippen molar-refractivity contribution in [2.24, 2.45) is 0 Å². The van der Waals surface area contributed by atoms with Gasteiger partial charge >= 0.3 is 0 Å². The van der Waals surface area contributed by atoms with E-state index in [1.807, 2.05) is 19.4 Å². The lowest BCUT2D eigenvalue weighted by molar-refractivity contribution is 0.740. The van der Waals surface area contributed by atoms with Crippen molar-refractivity contribution >= 4 is 0 Å². The zero-order chi connectivity index (χ0) is 11.5. The predicted molar refractivity (Wildman–Crippen MR) is 65.8 cm³/mol. The monoisotopic (exact) mass is 215 g/mol. The molecule has 0 amide bonds. The SMILES string of the molecule is CNCc1nccn1-c1ccc(C)cc1C. The molecular weight excluding hydrogens is 198 g/mol. The molecule has 0 aliphatic heterocycles. The summed E-state index contributed by atoms with van der Waals surface area (Å²) in [7, 11) is 1.93. The summed E-state index contributed by atoms with van der Waals surface area (Å²) >= 11 is 0. The second-order valence-electron chi connectivity index (χ2n) is 4.03. The van der Waals surface area contributed by atoms with E-state index >= 15 is 0 Å². The van der Waals surface area contributed by atoms with Gasteiger partial charge in [0.2, 0.25) is 0 Å². The fourth-order valence-electron chi connectivity index (χ4n) is 1.92. The minimum atomic E-state index is 0.778. The number of imidazole rings is 1. The van der Waals surface area contributed by atoms with Crippen molar-refractivity contribution in [3.8, 4) is 5.69 Å². The largest absolute Gasteiger partial charge is 0.313 e. The summed E-state index contributed by atoms with van der Waals surface area (Å²) in [6, 6.07) is 6.47. The van der Waals surface area contributed by atoms with Crippen LogP contribution in [0, 0.1) is 13.8 Å². The summed E-state index contributed by atoms with van der Waals surface area (Å²) < 4.78 is 2.13. The molecule has 0 radical (unpaired) electrons. The van der Waals surface area contributed by atoms with E-state index in [0.29, 0.717) is 0 Å². The van der Waals surface area contributed by atoms with Gasteiger partial charge < -0.3 is 9.88 Å². The van der Waals surface area contributed by atoms with Crippen LogP contribution in [0.25, 0.3) is 5.69 Å². The van der Waals surface area contributed by atoms with Gasteiger partial charge in [-0.05, 0) is 32.5 Å². The van der Waals surface area contributed by atoms with E-state index in [2.05, 4.69) is 46.9 Å². The first kappa shape index (κ1) is 10.9. The molecule has 2 aromatic rings. The lowest BCUT2D eigenvalue weighted by Crippen LogP contribution is -2.11. The summed E-state index contributed by atoms with van der Waals surface area (Å²) in [5, 5.41) is 3.13. The molecule has 0 saturated heterocycles. The van der Waals surface area contributed by atoms with Crippen LogP contribution in [0.3, 0.4) is 0 Å². The number of hydrogen-bond acceptors (Lipinski definition) is 2. The molecule has 1 N–H and O–H groups in total. The Morgan fingerprint density at radius 2 is 2.12 bits per heavy atom. The first-order valence-electron chi connectivity index (χ1n) is 5.47. The molecule has 0 saturated carbocycles. The Balaban J connectivity index is 2.46. The molecule has 1 aromatic carbocycles. The topological polar surface area (TPSA) is 29.9 Å². The number of aromatic nitrogens is 2. The average Bonchev–Trinajstić information content (AvgIpc) is 2.67.